The fourth-order valence-corrected chi connectivity index (χ4v) is 2.71. The molecule has 0 spiro atoms. The van der Waals surface area contributed by atoms with Gasteiger partial charge in [-0.15, -0.1) is 10.2 Å². The summed E-state index contributed by atoms with van der Waals surface area (Å²) in [5.41, 5.74) is 0.960. The van der Waals surface area contributed by atoms with Gasteiger partial charge in [0.2, 0.25) is 11.1 Å². The fourth-order valence-electron chi connectivity index (χ4n) is 2.29. The molecule has 0 N–H and O–H groups in total. The predicted octanol–water partition coefficient (Wildman–Crippen LogP) is 1.82. The third kappa shape index (κ3) is 2.54. The van der Waals surface area contributed by atoms with Gasteiger partial charge in [0.05, 0.1) is 12.9 Å². The molecule has 11 heteroatoms. The summed E-state index contributed by atoms with van der Waals surface area (Å²) in [6, 6.07) is 0. The van der Waals surface area contributed by atoms with Gasteiger partial charge in [0, 0.05) is 12.8 Å². The highest BCUT2D eigenvalue weighted by Gasteiger charge is 2.32. The van der Waals surface area contributed by atoms with E-state index in [1.807, 2.05) is 19.8 Å². The molecule has 23 heavy (non-hydrogen) atoms. The molecule has 1 saturated heterocycles. The van der Waals surface area contributed by atoms with Crippen LogP contribution in [0.15, 0.2) is 6.33 Å². The van der Waals surface area contributed by atoms with Crippen LogP contribution in [0, 0.1) is 12.8 Å². The maximum atomic E-state index is 6.02. The SMILES string of the molecule is CCn1nnc([C@H]2[CH][CH][C@H](n3cnc4c(Cl)nc(Cl)nc43)O2)n1. The van der Waals surface area contributed by atoms with Crippen molar-refractivity contribution in [2.45, 2.75) is 25.8 Å². The zero-order valence-electron chi connectivity index (χ0n) is 11.8. The first kappa shape index (κ1) is 14.7. The first-order valence-corrected chi connectivity index (χ1v) is 7.58. The Hall–Kier alpha value is -1.84. The normalized spacial score (nSPS) is 21.3. The molecule has 2 atom stereocenters. The number of hydrogen-bond donors (Lipinski definition) is 0. The molecule has 0 bridgehead atoms. The number of ether oxygens (including phenoxy) is 1. The molecule has 2 radical (unpaired) electrons. The van der Waals surface area contributed by atoms with Crippen LogP contribution in [0.3, 0.4) is 0 Å². The molecule has 0 unspecified atom stereocenters. The number of imidazole rings is 1. The molecule has 0 amide bonds. The van der Waals surface area contributed by atoms with E-state index in [9.17, 15) is 0 Å². The summed E-state index contributed by atoms with van der Waals surface area (Å²) in [5, 5.41) is 12.4. The second kappa shape index (κ2) is 5.66. The highest BCUT2D eigenvalue weighted by Crippen LogP contribution is 2.36. The van der Waals surface area contributed by atoms with Crippen LogP contribution < -0.4 is 0 Å². The minimum atomic E-state index is -0.416. The smallest absolute Gasteiger partial charge is 0.225 e. The molecule has 0 saturated carbocycles. The van der Waals surface area contributed by atoms with Crippen molar-refractivity contribution in [3.63, 3.8) is 0 Å². The monoisotopic (exact) mass is 352 g/mol. The summed E-state index contributed by atoms with van der Waals surface area (Å²) in [6.07, 6.45) is 4.50. The van der Waals surface area contributed by atoms with Gasteiger partial charge >= 0.3 is 0 Å². The van der Waals surface area contributed by atoms with Gasteiger partial charge in [0.1, 0.15) is 17.8 Å². The third-order valence-corrected chi connectivity index (χ3v) is 3.80. The summed E-state index contributed by atoms with van der Waals surface area (Å²) < 4.78 is 7.64. The van der Waals surface area contributed by atoms with Gasteiger partial charge in [-0.25, -0.2) is 9.97 Å². The van der Waals surface area contributed by atoms with Crippen molar-refractivity contribution in [3.05, 3.63) is 35.4 Å². The van der Waals surface area contributed by atoms with Crippen LogP contribution in [0.1, 0.15) is 25.1 Å². The summed E-state index contributed by atoms with van der Waals surface area (Å²) in [4.78, 5) is 13.7. The van der Waals surface area contributed by atoms with Crippen LogP contribution in [0.5, 0.6) is 0 Å². The van der Waals surface area contributed by atoms with Crippen LogP contribution >= 0.6 is 23.2 Å². The number of aromatic nitrogens is 8. The molecule has 1 fully saturated rings. The number of fused-ring (bicyclic) bond motifs is 1. The average molecular weight is 353 g/mol. The lowest BCUT2D eigenvalue weighted by Gasteiger charge is -2.13. The van der Waals surface area contributed by atoms with Gasteiger partial charge in [0.25, 0.3) is 0 Å². The average Bonchev–Trinajstić information content (AvgIpc) is 3.25. The number of aryl methyl sites for hydroxylation is 1. The highest BCUT2D eigenvalue weighted by atomic mass is 35.5. The summed E-state index contributed by atoms with van der Waals surface area (Å²) in [6.45, 7) is 2.58. The van der Waals surface area contributed by atoms with Crippen molar-refractivity contribution in [2.24, 2.45) is 0 Å². The van der Waals surface area contributed by atoms with Gasteiger partial charge in [0.15, 0.2) is 10.8 Å². The number of nitrogens with zero attached hydrogens (tertiary/aromatic N) is 8. The van der Waals surface area contributed by atoms with E-state index in [0.717, 1.165) is 0 Å². The van der Waals surface area contributed by atoms with Crippen molar-refractivity contribution < 1.29 is 4.74 Å². The van der Waals surface area contributed by atoms with E-state index in [1.165, 1.54) is 4.80 Å². The Morgan fingerprint density at radius 2 is 2.13 bits per heavy atom. The van der Waals surface area contributed by atoms with E-state index in [1.54, 1.807) is 10.9 Å². The molecule has 1 aliphatic rings. The Kier molecular flexibility index (Phi) is 3.63. The van der Waals surface area contributed by atoms with Crippen LogP contribution in [-0.2, 0) is 11.3 Å². The zero-order valence-corrected chi connectivity index (χ0v) is 13.3. The topological polar surface area (TPSA) is 96.4 Å². The minimum Gasteiger partial charge on any atom is -0.346 e. The molecular weight excluding hydrogens is 343 g/mol. The summed E-state index contributed by atoms with van der Waals surface area (Å²) in [5.74, 6) is 0.501. The third-order valence-electron chi connectivity index (χ3n) is 3.37. The van der Waals surface area contributed by atoms with Crippen LogP contribution in [0.25, 0.3) is 11.2 Å². The number of rotatable bonds is 3. The Morgan fingerprint density at radius 1 is 1.26 bits per heavy atom. The standard InChI is InChI=1S/C12H10Cl2N8O/c1-2-22-19-10(18-20-22)6-3-4-7(23-6)21-5-15-8-9(13)16-12(14)17-11(8)21/h3-7H,2H2,1H3/t6-,7-/m1/s1. The highest BCUT2D eigenvalue weighted by molar-refractivity contribution is 6.35. The Morgan fingerprint density at radius 3 is 2.91 bits per heavy atom. The Bertz CT molecular complexity index is 862. The lowest BCUT2D eigenvalue weighted by Crippen LogP contribution is -2.09. The molecule has 1 aliphatic heterocycles. The van der Waals surface area contributed by atoms with Crippen molar-refractivity contribution >= 4 is 34.4 Å². The van der Waals surface area contributed by atoms with Crippen LogP contribution in [0.2, 0.25) is 10.4 Å². The number of hydrogen-bond acceptors (Lipinski definition) is 7. The Labute approximate surface area is 140 Å². The van der Waals surface area contributed by atoms with E-state index in [2.05, 4.69) is 30.4 Å². The van der Waals surface area contributed by atoms with Gasteiger partial charge < -0.3 is 4.74 Å². The molecule has 118 valence electrons. The second-order valence-corrected chi connectivity index (χ2v) is 5.47. The lowest BCUT2D eigenvalue weighted by molar-refractivity contribution is 0.0156. The Balaban J connectivity index is 1.62. The van der Waals surface area contributed by atoms with Crippen molar-refractivity contribution in [1.29, 1.82) is 0 Å². The van der Waals surface area contributed by atoms with Crippen molar-refractivity contribution in [2.75, 3.05) is 0 Å². The van der Waals surface area contributed by atoms with Crippen LogP contribution in [-0.4, -0.2) is 39.7 Å². The van der Waals surface area contributed by atoms with E-state index in [-0.39, 0.29) is 16.5 Å². The molecule has 0 aromatic carbocycles. The molecule has 9 nitrogen and oxygen atoms in total. The molecule has 3 aromatic rings. The molecule has 4 heterocycles. The van der Waals surface area contributed by atoms with Crippen LogP contribution in [0.4, 0.5) is 0 Å². The maximum Gasteiger partial charge on any atom is 0.225 e. The minimum absolute atomic E-state index is 0.0512. The quantitative estimate of drug-likeness (QED) is 0.523. The van der Waals surface area contributed by atoms with E-state index >= 15 is 0 Å². The lowest BCUT2D eigenvalue weighted by atomic mass is 10.2. The molecule has 4 rings (SSSR count). The van der Waals surface area contributed by atoms with E-state index < -0.39 is 6.23 Å². The molecular formula is C12H10Cl2N8O. The van der Waals surface area contributed by atoms with Gasteiger partial charge in [-0.05, 0) is 23.7 Å². The first-order chi connectivity index (χ1) is 11.2. The van der Waals surface area contributed by atoms with Gasteiger partial charge in [-0.2, -0.15) is 9.78 Å². The van der Waals surface area contributed by atoms with E-state index in [4.69, 9.17) is 27.9 Å². The number of halogens is 2. The first-order valence-electron chi connectivity index (χ1n) is 6.82. The summed E-state index contributed by atoms with van der Waals surface area (Å²) >= 11 is 11.9. The molecule has 3 aromatic heterocycles. The van der Waals surface area contributed by atoms with Crippen molar-refractivity contribution in [1.82, 2.24) is 39.7 Å². The fraction of sp³-hybridized carbons (Fsp3) is 0.333. The molecule has 0 aliphatic carbocycles. The summed E-state index contributed by atoms with van der Waals surface area (Å²) in [7, 11) is 0. The maximum absolute atomic E-state index is 6.02. The van der Waals surface area contributed by atoms with Gasteiger partial charge in [-0.3, -0.25) is 4.57 Å². The van der Waals surface area contributed by atoms with Crippen molar-refractivity contribution in [3.8, 4) is 0 Å². The van der Waals surface area contributed by atoms with E-state index in [0.29, 0.717) is 23.5 Å². The van der Waals surface area contributed by atoms with Gasteiger partial charge in [-0.1, -0.05) is 11.6 Å². The largest absolute Gasteiger partial charge is 0.346 e. The number of tetrazole rings is 1. The predicted molar refractivity (Wildman–Crippen MR) is 80.3 cm³/mol. The zero-order chi connectivity index (χ0) is 16.0. The second-order valence-electron chi connectivity index (χ2n) is 4.78.